The summed E-state index contributed by atoms with van der Waals surface area (Å²) in [4.78, 5) is 24.5. The lowest BCUT2D eigenvalue weighted by molar-refractivity contribution is -0.136. The molecule has 1 aromatic rings. The Balaban J connectivity index is 2.57. The van der Waals surface area contributed by atoms with Crippen molar-refractivity contribution in [1.82, 2.24) is 10.2 Å². The Morgan fingerprint density at radius 3 is 2.57 bits per heavy atom. The number of para-hydroxylation sites is 1. The fraction of sp³-hybridized carbons (Fsp3) is 0.467. The quantitative estimate of drug-likeness (QED) is 0.715. The van der Waals surface area contributed by atoms with Gasteiger partial charge >= 0.3 is 12.0 Å². The van der Waals surface area contributed by atoms with Crippen LogP contribution in [-0.2, 0) is 11.2 Å². The summed E-state index contributed by atoms with van der Waals surface area (Å²) in [5.74, 6) is -0.853. The molecule has 6 nitrogen and oxygen atoms in total. The van der Waals surface area contributed by atoms with Crippen molar-refractivity contribution in [3.8, 4) is 0 Å². The summed E-state index contributed by atoms with van der Waals surface area (Å²) in [7, 11) is 3.90. The monoisotopic (exact) mass is 293 g/mol. The van der Waals surface area contributed by atoms with Gasteiger partial charge in [0.1, 0.15) is 0 Å². The molecule has 0 saturated carbocycles. The molecule has 116 valence electrons. The summed E-state index contributed by atoms with van der Waals surface area (Å²) in [6.07, 6.45) is 0.428. The Morgan fingerprint density at radius 1 is 1.29 bits per heavy atom. The van der Waals surface area contributed by atoms with Crippen LogP contribution < -0.4 is 10.6 Å². The summed E-state index contributed by atoms with van der Waals surface area (Å²) in [6.45, 7) is 2.55. The lowest BCUT2D eigenvalue weighted by Gasteiger charge is -2.20. The highest BCUT2D eigenvalue weighted by atomic mass is 16.4. The van der Waals surface area contributed by atoms with Crippen molar-refractivity contribution in [1.29, 1.82) is 0 Å². The number of carboxylic acids is 1. The summed E-state index contributed by atoms with van der Waals surface area (Å²) < 4.78 is 0. The molecular formula is C15H23N3O3. The standard InChI is InChI=1S/C15H23N3O3/c1-11(18(2)3)10-16-15(21)17-13-7-5-4-6-12(13)8-9-14(19)20/h4-7,11H,8-10H2,1-3H3,(H,19,20)(H2,16,17,21). The maximum Gasteiger partial charge on any atom is 0.319 e. The number of carbonyl (C=O) groups excluding carboxylic acids is 1. The van der Waals surface area contributed by atoms with Crippen molar-refractivity contribution in [3.05, 3.63) is 29.8 Å². The molecule has 0 aliphatic heterocycles. The molecular weight excluding hydrogens is 270 g/mol. The van der Waals surface area contributed by atoms with E-state index in [9.17, 15) is 9.59 Å². The van der Waals surface area contributed by atoms with Gasteiger partial charge in [-0.05, 0) is 39.1 Å². The van der Waals surface area contributed by atoms with Crippen molar-refractivity contribution in [2.75, 3.05) is 26.0 Å². The highest BCUT2D eigenvalue weighted by molar-refractivity contribution is 5.90. The van der Waals surface area contributed by atoms with Crippen LogP contribution >= 0.6 is 0 Å². The summed E-state index contributed by atoms with van der Waals surface area (Å²) in [5, 5.41) is 14.3. The number of urea groups is 1. The van der Waals surface area contributed by atoms with Crippen molar-refractivity contribution in [2.24, 2.45) is 0 Å². The smallest absolute Gasteiger partial charge is 0.319 e. The third kappa shape index (κ3) is 6.27. The number of hydrogen-bond donors (Lipinski definition) is 3. The fourth-order valence-electron chi connectivity index (χ4n) is 1.69. The average Bonchev–Trinajstić information content (AvgIpc) is 2.43. The molecule has 3 N–H and O–H groups in total. The molecule has 0 fully saturated rings. The molecule has 0 spiro atoms. The van der Waals surface area contributed by atoms with Crippen LogP contribution in [0, 0.1) is 0 Å². The Morgan fingerprint density at radius 2 is 1.95 bits per heavy atom. The second kappa shape index (κ2) is 8.26. The molecule has 0 bridgehead atoms. The lowest BCUT2D eigenvalue weighted by atomic mass is 10.1. The van der Waals surface area contributed by atoms with Crippen molar-refractivity contribution in [3.63, 3.8) is 0 Å². The minimum Gasteiger partial charge on any atom is -0.481 e. The van der Waals surface area contributed by atoms with Gasteiger partial charge in [-0.1, -0.05) is 18.2 Å². The first-order valence-corrected chi connectivity index (χ1v) is 6.91. The zero-order valence-electron chi connectivity index (χ0n) is 12.7. The second-order valence-corrected chi connectivity index (χ2v) is 5.20. The third-order valence-corrected chi connectivity index (χ3v) is 3.31. The number of aryl methyl sites for hydroxylation is 1. The Kier molecular flexibility index (Phi) is 6.68. The van der Waals surface area contributed by atoms with Gasteiger partial charge in [0.25, 0.3) is 0 Å². The summed E-state index contributed by atoms with van der Waals surface area (Å²) in [6, 6.07) is 7.17. The topological polar surface area (TPSA) is 81.7 Å². The number of nitrogens with one attached hydrogen (secondary N) is 2. The number of anilines is 1. The Bertz CT molecular complexity index is 489. The predicted octanol–water partition coefficient (Wildman–Crippen LogP) is 1.78. The van der Waals surface area contributed by atoms with Gasteiger partial charge in [-0.25, -0.2) is 4.79 Å². The van der Waals surface area contributed by atoms with E-state index in [1.54, 1.807) is 6.07 Å². The van der Waals surface area contributed by atoms with E-state index in [2.05, 4.69) is 10.6 Å². The van der Waals surface area contributed by atoms with Gasteiger partial charge in [0.05, 0.1) is 0 Å². The molecule has 0 radical (unpaired) electrons. The van der Waals surface area contributed by atoms with Crippen LogP contribution in [0.3, 0.4) is 0 Å². The zero-order valence-corrected chi connectivity index (χ0v) is 12.7. The first-order valence-electron chi connectivity index (χ1n) is 6.91. The van der Waals surface area contributed by atoms with Gasteiger partial charge in [-0.2, -0.15) is 0 Å². The van der Waals surface area contributed by atoms with E-state index < -0.39 is 5.97 Å². The third-order valence-electron chi connectivity index (χ3n) is 3.31. The van der Waals surface area contributed by atoms with E-state index in [1.807, 2.05) is 44.1 Å². The molecule has 21 heavy (non-hydrogen) atoms. The molecule has 1 rings (SSSR count). The molecule has 0 aliphatic carbocycles. The SMILES string of the molecule is CC(CNC(=O)Nc1ccccc1CCC(=O)O)N(C)C. The number of likely N-dealkylation sites (N-methyl/N-ethyl adjacent to an activating group) is 1. The summed E-state index contributed by atoms with van der Waals surface area (Å²) >= 11 is 0. The van der Waals surface area contributed by atoms with Crippen LogP contribution in [0.15, 0.2) is 24.3 Å². The van der Waals surface area contributed by atoms with Gasteiger partial charge in [0.2, 0.25) is 0 Å². The van der Waals surface area contributed by atoms with E-state index in [-0.39, 0.29) is 18.5 Å². The molecule has 2 amide bonds. The lowest BCUT2D eigenvalue weighted by Crippen LogP contribution is -2.40. The van der Waals surface area contributed by atoms with Gasteiger partial charge < -0.3 is 20.6 Å². The van der Waals surface area contributed by atoms with Crippen molar-refractivity contribution >= 4 is 17.7 Å². The van der Waals surface area contributed by atoms with Crippen LogP contribution in [0.1, 0.15) is 18.9 Å². The minimum absolute atomic E-state index is 0.0397. The van der Waals surface area contributed by atoms with E-state index in [4.69, 9.17) is 5.11 Å². The van der Waals surface area contributed by atoms with Gasteiger partial charge in [0, 0.05) is 24.7 Å². The normalized spacial score (nSPS) is 12.0. The Hall–Kier alpha value is -2.08. The Labute approximate surface area is 125 Å². The van der Waals surface area contributed by atoms with Gasteiger partial charge in [0.15, 0.2) is 0 Å². The maximum absolute atomic E-state index is 11.9. The number of carboxylic acid groups (broad SMARTS) is 1. The molecule has 1 unspecified atom stereocenters. The molecule has 0 aromatic heterocycles. The average molecular weight is 293 g/mol. The van der Waals surface area contributed by atoms with Gasteiger partial charge in [-0.3, -0.25) is 4.79 Å². The molecule has 1 atom stereocenters. The number of rotatable bonds is 7. The molecule has 1 aromatic carbocycles. The number of benzene rings is 1. The number of nitrogens with zero attached hydrogens (tertiary/aromatic N) is 1. The highest BCUT2D eigenvalue weighted by Crippen LogP contribution is 2.16. The number of aliphatic carboxylic acids is 1. The second-order valence-electron chi connectivity index (χ2n) is 5.20. The van der Waals surface area contributed by atoms with E-state index in [1.165, 1.54) is 0 Å². The zero-order chi connectivity index (χ0) is 15.8. The number of carbonyl (C=O) groups is 2. The predicted molar refractivity (Wildman–Crippen MR) is 82.6 cm³/mol. The van der Waals surface area contributed by atoms with Crippen LogP contribution in [0.2, 0.25) is 0 Å². The molecule has 0 aliphatic rings. The first kappa shape index (κ1) is 17.0. The molecule has 0 heterocycles. The van der Waals surface area contributed by atoms with E-state index in [0.29, 0.717) is 18.7 Å². The fourth-order valence-corrected chi connectivity index (χ4v) is 1.69. The maximum atomic E-state index is 11.9. The van der Waals surface area contributed by atoms with E-state index >= 15 is 0 Å². The number of amides is 2. The van der Waals surface area contributed by atoms with E-state index in [0.717, 1.165) is 5.56 Å². The molecule has 6 heteroatoms. The first-order chi connectivity index (χ1) is 9.90. The van der Waals surface area contributed by atoms with Crippen LogP contribution in [0.5, 0.6) is 0 Å². The van der Waals surface area contributed by atoms with Crippen LogP contribution in [0.25, 0.3) is 0 Å². The molecule has 0 saturated heterocycles. The van der Waals surface area contributed by atoms with Crippen molar-refractivity contribution in [2.45, 2.75) is 25.8 Å². The van der Waals surface area contributed by atoms with Gasteiger partial charge in [-0.15, -0.1) is 0 Å². The van der Waals surface area contributed by atoms with Crippen LogP contribution in [0.4, 0.5) is 10.5 Å². The van der Waals surface area contributed by atoms with Crippen LogP contribution in [-0.4, -0.2) is 48.7 Å². The summed E-state index contributed by atoms with van der Waals surface area (Å²) in [5.41, 5.74) is 1.46. The number of hydrogen-bond acceptors (Lipinski definition) is 3. The van der Waals surface area contributed by atoms with Crippen molar-refractivity contribution < 1.29 is 14.7 Å². The minimum atomic E-state index is -0.853. The highest BCUT2D eigenvalue weighted by Gasteiger charge is 2.10. The largest absolute Gasteiger partial charge is 0.481 e.